The molecule has 0 aliphatic rings. The first-order chi connectivity index (χ1) is 14.4. The smallest absolute Gasteiger partial charge is 0.239 e. The summed E-state index contributed by atoms with van der Waals surface area (Å²) < 4.78 is 7.59. The molecule has 6 nitrogen and oxygen atoms in total. The van der Waals surface area contributed by atoms with E-state index in [1.807, 2.05) is 37.3 Å². The Morgan fingerprint density at radius 1 is 0.933 bits per heavy atom. The minimum Gasteiger partial charge on any atom is -0.338 e. The molecule has 7 heteroatoms. The van der Waals surface area contributed by atoms with Crippen molar-refractivity contribution in [2.75, 3.05) is 0 Å². The molecular weight excluding hydrogens is 394 g/mol. The Morgan fingerprint density at radius 2 is 1.70 bits per heavy atom. The van der Waals surface area contributed by atoms with Gasteiger partial charge in [-0.3, -0.25) is 4.57 Å². The van der Waals surface area contributed by atoms with Crippen LogP contribution in [0.15, 0.2) is 58.2 Å². The lowest BCUT2D eigenvalue weighted by atomic mass is 10.1. The molecule has 4 aromatic rings. The maximum Gasteiger partial charge on any atom is 0.239 e. The second-order valence-corrected chi connectivity index (χ2v) is 8.99. The highest BCUT2D eigenvalue weighted by Crippen LogP contribution is 2.36. The zero-order valence-corrected chi connectivity index (χ0v) is 18.6. The van der Waals surface area contributed by atoms with E-state index in [0.29, 0.717) is 5.89 Å². The van der Waals surface area contributed by atoms with E-state index >= 15 is 0 Å². The predicted octanol–water partition coefficient (Wildman–Crippen LogP) is 5.91. The third-order valence-electron chi connectivity index (χ3n) is 5.02. The van der Waals surface area contributed by atoms with Gasteiger partial charge in [0.25, 0.3) is 0 Å². The minimum absolute atomic E-state index is 0.0527. The van der Waals surface area contributed by atoms with Crippen LogP contribution in [0.1, 0.15) is 54.8 Å². The van der Waals surface area contributed by atoms with Crippen LogP contribution in [0.5, 0.6) is 0 Å². The summed E-state index contributed by atoms with van der Waals surface area (Å²) in [6.45, 7) is 10.4. The number of nitrogens with zero attached hydrogens (tertiary/aromatic N) is 5. The van der Waals surface area contributed by atoms with Crippen molar-refractivity contribution in [2.45, 2.75) is 50.9 Å². The van der Waals surface area contributed by atoms with E-state index in [-0.39, 0.29) is 11.2 Å². The molecule has 0 aliphatic carbocycles. The van der Waals surface area contributed by atoms with Crippen molar-refractivity contribution in [2.24, 2.45) is 0 Å². The monoisotopic (exact) mass is 419 g/mol. The third kappa shape index (κ3) is 4.03. The molecule has 0 N–H and O–H groups in total. The molecule has 0 spiro atoms. The van der Waals surface area contributed by atoms with E-state index in [0.717, 1.165) is 28.1 Å². The Balaban J connectivity index is 1.75. The zero-order chi connectivity index (χ0) is 21.3. The van der Waals surface area contributed by atoms with Gasteiger partial charge in [-0.25, -0.2) is 0 Å². The van der Waals surface area contributed by atoms with Crippen LogP contribution in [0.3, 0.4) is 0 Å². The number of aromatic nitrogens is 5. The van der Waals surface area contributed by atoms with E-state index < -0.39 is 0 Å². The molecule has 0 saturated heterocycles. The molecular formula is C23H25N5OS. The molecule has 0 radical (unpaired) electrons. The van der Waals surface area contributed by atoms with Crippen LogP contribution < -0.4 is 0 Å². The number of hydrogen-bond acceptors (Lipinski definition) is 6. The lowest BCUT2D eigenvalue weighted by Crippen LogP contribution is -2.02. The molecule has 0 bridgehead atoms. The van der Waals surface area contributed by atoms with Crippen LogP contribution in [-0.2, 0) is 0 Å². The van der Waals surface area contributed by atoms with Gasteiger partial charge in [-0.2, -0.15) is 4.98 Å². The Hall–Kier alpha value is -2.93. The number of rotatable bonds is 6. The maximum atomic E-state index is 5.49. The number of benzene rings is 2. The fourth-order valence-corrected chi connectivity index (χ4v) is 3.97. The van der Waals surface area contributed by atoms with E-state index in [2.05, 4.69) is 70.8 Å². The molecule has 0 saturated carbocycles. The highest BCUT2D eigenvalue weighted by Gasteiger charge is 2.23. The van der Waals surface area contributed by atoms with E-state index in [1.54, 1.807) is 11.8 Å². The van der Waals surface area contributed by atoms with Crippen LogP contribution in [0.2, 0.25) is 0 Å². The summed E-state index contributed by atoms with van der Waals surface area (Å²) >= 11 is 1.56. The lowest BCUT2D eigenvalue weighted by Gasteiger charge is -2.13. The summed E-state index contributed by atoms with van der Waals surface area (Å²) in [5.74, 6) is 2.35. The quantitative estimate of drug-likeness (QED) is 0.362. The summed E-state index contributed by atoms with van der Waals surface area (Å²) in [4.78, 5) is 4.54. The third-order valence-corrected chi connectivity index (χ3v) is 6.05. The topological polar surface area (TPSA) is 69.6 Å². The zero-order valence-electron chi connectivity index (χ0n) is 17.8. The summed E-state index contributed by atoms with van der Waals surface area (Å²) in [6, 6.07) is 16.5. The molecule has 4 rings (SSSR count). The van der Waals surface area contributed by atoms with Crippen molar-refractivity contribution in [1.82, 2.24) is 24.9 Å². The summed E-state index contributed by atoms with van der Waals surface area (Å²) in [6.07, 6.45) is 0. The largest absolute Gasteiger partial charge is 0.338 e. The summed E-state index contributed by atoms with van der Waals surface area (Å²) in [5, 5.41) is 13.9. The van der Waals surface area contributed by atoms with E-state index in [9.17, 15) is 0 Å². The van der Waals surface area contributed by atoms with Gasteiger partial charge < -0.3 is 4.52 Å². The SMILES string of the molecule is Cc1ccc(-n2c(S[C@H](C)c3nc(C(C)C)no3)nnc2-c2ccccc2)cc1C. The van der Waals surface area contributed by atoms with Crippen molar-refractivity contribution < 1.29 is 4.52 Å². The number of hydrogen-bond donors (Lipinski definition) is 0. The Morgan fingerprint density at radius 3 is 2.37 bits per heavy atom. The molecule has 0 amide bonds. The number of aryl methyl sites for hydroxylation is 2. The van der Waals surface area contributed by atoms with Crippen LogP contribution in [0.25, 0.3) is 17.1 Å². The molecule has 2 aromatic carbocycles. The standard InChI is InChI=1S/C23H25N5OS/c1-14(2)20-24-22(29-27-20)17(5)30-23-26-25-21(18-9-7-6-8-10-18)28(23)19-12-11-15(3)16(4)13-19/h6-14,17H,1-5H3/t17-/m1/s1. The fourth-order valence-electron chi connectivity index (χ4n) is 3.07. The normalized spacial score (nSPS) is 12.5. The molecule has 30 heavy (non-hydrogen) atoms. The molecule has 1 atom stereocenters. The van der Waals surface area contributed by atoms with Crippen LogP contribution >= 0.6 is 11.8 Å². The van der Waals surface area contributed by atoms with Gasteiger partial charge in [0.15, 0.2) is 16.8 Å². The number of thioether (sulfide) groups is 1. The van der Waals surface area contributed by atoms with E-state index in [4.69, 9.17) is 4.52 Å². The minimum atomic E-state index is -0.0527. The first kappa shape index (κ1) is 20.3. The second-order valence-electron chi connectivity index (χ2n) is 7.68. The van der Waals surface area contributed by atoms with Gasteiger partial charge in [-0.15, -0.1) is 10.2 Å². The van der Waals surface area contributed by atoms with E-state index in [1.165, 1.54) is 11.1 Å². The first-order valence-corrected chi connectivity index (χ1v) is 10.9. The van der Waals surface area contributed by atoms with Gasteiger partial charge in [-0.1, -0.05) is 67.2 Å². The predicted molar refractivity (Wildman–Crippen MR) is 119 cm³/mol. The van der Waals surface area contributed by atoms with Gasteiger partial charge >= 0.3 is 0 Å². The first-order valence-electron chi connectivity index (χ1n) is 10.0. The van der Waals surface area contributed by atoms with Crippen molar-refractivity contribution in [3.05, 3.63) is 71.4 Å². The van der Waals surface area contributed by atoms with Gasteiger partial charge in [0.2, 0.25) is 5.89 Å². The van der Waals surface area contributed by atoms with Crippen LogP contribution in [0.4, 0.5) is 0 Å². The summed E-state index contributed by atoms with van der Waals surface area (Å²) in [5.41, 5.74) is 4.53. The van der Waals surface area contributed by atoms with Gasteiger partial charge in [0.05, 0.1) is 10.9 Å². The molecule has 0 fully saturated rings. The Bertz CT molecular complexity index is 1150. The van der Waals surface area contributed by atoms with Crippen LogP contribution in [-0.4, -0.2) is 24.9 Å². The van der Waals surface area contributed by atoms with Gasteiger partial charge in [0.1, 0.15) is 0 Å². The summed E-state index contributed by atoms with van der Waals surface area (Å²) in [7, 11) is 0. The Kier molecular flexibility index (Phi) is 5.72. The van der Waals surface area contributed by atoms with Crippen molar-refractivity contribution in [3.63, 3.8) is 0 Å². The lowest BCUT2D eigenvalue weighted by molar-refractivity contribution is 0.373. The molecule has 0 aliphatic heterocycles. The molecule has 154 valence electrons. The fraction of sp³-hybridized carbons (Fsp3) is 0.304. The average molecular weight is 420 g/mol. The molecule has 2 heterocycles. The van der Waals surface area contributed by atoms with Gasteiger partial charge in [0, 0.05) is 11.5 Å². The highest BCUT2D eigenvalue weighted by atomic mass is 32.2. The molecule has 2 aromatic heterocycles. The van der Waals surface area contributed by atoms with Gasteiger partial charge in [-0.05, 0) is 44.0 Å². The van der Waals surface area contributed by atoms with Crippen LogP contribution in [0, 0.1) is 13.8 Å². The van der Waals surface area contributed by atoms with Crippen molar-refractivity contribution in [3.8, 4) is 17.1 Å². The van der Waals surface area contributed by atoms with Crippen molar-refractivity contribution >= 4 is 11.8 Å². The average Bonchev–Trinajstić information content (AvgIpc) is 3.38. The highest BCUT2D eigenvalue weighted by molar-refractivity contribution is 7.99. The second kappa shape index (κ2) is 8.44. The maximum absolute atomic E-state index is 5.49. The Labute approximate surface area is 180 Å². The van der Waals surface area contributed by atoms with Crippen molar-refractivity contribution in [1.29, 1.82) is 0 Å². The molecule has 0 unspecified atom stereocenters.